The quantitative estimate of drug-likeness (QED) is 0.260. The minimum absolute atomic E-state index is 0.207. The largest absolute Gasteiger partial charge is 0.469 e. The lowest BCUT2D eigenvalue weighted by Crippen LogP contribution is -2.18. The molecule has 5 heteroatoms. The van der Waals surface area contributed by atoms with Gasteiger partial charge in [0.15, 0.2) is 0 Å². The monoisotopic (exact) mass is 456 g/mol. The molecule has 3 nitrogen and oxygen atoms in total. The first kappa shape index (κ1) is 22.8. The molecule has 0 aliphatic carbocycles. The first-order chi connectivity index (χ1) is 11.6. The number of hydrogen-bond donors (Lipinski definition) is 1. The Hall–Kier alpha value is -1.19. The third-order valence-electron chi connectivity index (χ3n) is 2.91. The predicted molar refractivity (Wildman–Crippen MR) is 104 cm³/mol. The number of rotatable bonds is 8. The highest BCUT2D eigenvalue weighted by molar-refractivity contribution is 9.11. The molecule has 0 radical (unpaired) electrons. The summed E-state index contributed by atoms with van der Waals surface area (Å²) in [6.45, 7) is 0. The molecule has 24 heavy (non-hydrogen) atoms. The molecule has 0 unspecified atom stereocenters. The van der Waals surface area contributed by atoms with Crippen LogP contribution < -0.4 is 0 Å². The van der Waals surface area contributed by atoms with Crippen molar-refractivity contribution in [3.05, 3.63) is 11.1 Å². The highest BCUT2D eigenvalue weighted by atomic mass is 79.9. The van der Waals surface area contributed by atoms with Crippen LogP contribution in [0, 0.1) is 35.5 Å². The van der Waals surface area contributed by atoms with Gasteiger partial charge in [-0.2, -0.15) is 0 Å². The van der Waals surface area contributed by atoms with Gasteiger partial charge in [0, 0.05) is 19.3 Å². The lowest BCUT2D eigenvalue weighted by molar-refractivity contribution is -0.140. The van der Waals surface area contributed by atoms with Crippen LogP contribution in [0.15, 0.2) is 11.1 Å². The zero-order chi connectivity index (χ0) is 18.0. The van der Waals surface area contributed by atoms with E-state index < -0.39 is 6.10 Å². The molecule has 1 N–H and O–H groups in total. The summed E-state index contributed by atoms with van der Waals surface area (Å²) in [4.78, 5) is 12.3. The Labute approximate surface area is 161 Å². The van der Waals surface area contributed by atoms with Crippen molar-refractivity contribution >= 4 is 37.8 Å². The van der Waals surface area contributed by atoms with Crippen LogP contribution in [0.25, 0.3) is 0 Å². The highest BCUT2D eigenvalue weighted by Crippen LogP contribution is 2.12. The Morgan fingerprint density at radius 3 is 2.50 bits per heavy atom. The van der Waals surface area contributed by atoms with Crippen LogP contribution in [0.4, 0.5) is 0 Å². The van der Waals surface area contributed by atoms with E-state index >= 15 is 0 Å². The average Bonchev–Trinajstić information content (AvgIpc) is 2.59. The Morgan fingerprint density at radius 2 is 1.88 bits per heavy atom. The van der Waals surface area contributed by atoms with Gasteiger partial charge in [0.05, 0.1) is 13.2 Å². The topological polar surface area (TPSA) is 46.5 Å². The highest BCUT2D eigenvalue weighted by Gasteiger charge is 2.12. The minimum Gasteiger partial charge on any atom is -0.469 e. The number of carbonyl (C=O) groups excluding carboxylic acids is 1. The number of esters is 1. The van der Waals surface area contributed by atoms with Gasteiger partial charge < -0.3 is 9.84 Å². The van der Waals surface area contributed by atoms with Crippen molar-refractivity contribution in [2.24, 2.45) is 0 Å². The first-order valence-electron chi connectivity index (χ1n) is 7.72. The lowest BCUT2D eigenvalue weighted by Gasteiger charge is -2.11. The molecule has 0 aromatic carbocycles. The summed E-state index contributed by atoms with van der Waals surface area (Å²) in [6.07, 6.45) is 6.18. The zero-order valence-electron chi connectivity index (χ0n) is 13.8. The molecule has 0 aliphatic heterocycles. The summed E-state index contributed by atoms with van der Waals surface area (Å²) in [5, 5.41) is 9.92. The van der Waals surface area contributed by atoms with Crippen LogP contribution in [0.2, 0.25) is 0 Å². The fourth-order valence-corrected chi connectivity index (χ4v) is 2.13. The molecular weight excluding hydrogens is 436 g/mol. The molecule has 0 bridgehead atoms. The summed E-state index contributed by atoms with van der Waals surface area (Å²) >= 11 is 6.50. The van der Waals surface area contributed by atoms with Crippen LogP contribution in [-0.4, -0.2) is 29.1 Å². The molecular formula is C19H22Br2O3. The number of alkyl halides is 1. The number of halogens is 2. The van der Waals surface area contributed by atoms with Gasteiger partial charge in [0.1, 0.15) is 4.83 Å². The van der Waals surface area contributed by atoms with Gasteiger partial charge >= 0.3 is 5.97 Å². The van der Waals surface area contributed by atoms with Crippen LogP contribution in [-0.2, 0) is 9.53 Å². The number of methoxy groups -OCH3 is 1. The molecule has 0 saturated carbocycles. The number of unbranched alkanes of at least 4 members (excludes halogenated alkanes) is 3. The van der Waals surface area contributed by atoms with E-state index in [1.807, 2.05) is 0 Å². The van der Waals surface area contributed by atoms with Gasteiger partial charge in [-0.15, -0.1) is 0 Å². The molecule has 0 fully saturated rings. The van der Waals surface area contributed by atoms with Crippen molar-refractivity contribution in [3.63, 3.8) is 0 Å². The normalized spacial score (nSPS) is 12.0. The molecule has 0 aromatic heterocycles. The molecule has 0 aliphatic rings. The van der Waals surface area contributed by atoms with Crippen LogP contribution in [0.3, 0.4) is 0 Å². The summed E-state index contributed by atoms with van der Waals surface area (Å²) in [7, 11) is 1.38. The van der Waals surface area contributed by atoms with Gasteiger partial charge in [0.25, 0.3) is 0 Å². The number of aliphatic hydroxyl groups excluding tert-OH is 1. The van der Waals surface area contributed by atoms with Gasteiger partial charge in [-0.3, -0.25) is 4.79 Å². The van der Waals surface area contributed by atoms with Crippen molar-refractivity contribution in [2.45, 2.75) is 55.9 Å². The number of carbonyl (C=O) groups is 1. The third kappa shape index (κ3) is 14.4. The second-order valence-electron chi connectivity index (χ2n) is 4.83. The van der Waals surface area contributed by atoms with Gasteiger partial charge in [-0.25, -0.2) is 0 Å². The van der Waals surface area contributed by atoms with E-state index in [4.69, 9.17) is 0 Å². The summed E-state index contributed by atoms with van der Waals surface area (Å²) in [6, 6.07) is 0. The third-order valence-corrected chi connectivity index (χ3v) is 4.01. The summed E-state index contributed by atoms with van der Waals surface area (Å²) in [5.41, 5.74) is 0. The van der Waals surface area contributed by atoms with E-state index in [9.17, 15) is 9.90 Å². The average molecular weight is 458 g/mol. The van der Waals surface area contributed by atoms with Crippen LogP contribution in [0.1, 0.15) is 44.9 Å². The van der Waals surface area contributed by atoms with Gasteiger partial charge in [-0.05, 0) is 48.6 Å². The van der Waals surface area contributed by atoms with Crippen molar-refractivity contribution in [2.75, 3.05) is 7.11 Å². The van der Waals surface area contributed by atoms with Crippen molar-refractivity contribution in [3.8, 4) is 35.5 Å². The molecule has 130 valence electrons. The number of hydrogen-bond acceptors (Lipinski definition) is 3. The summed E-state index contributed by atoms with van der Waals surface area (Å²) < 4.78 is 4.54. The maximum absolute atomic E-state index is 10.9. The molecule has 0 rings (SSSR count). The smallest absolute Gasteiger partial charge is 0.305 e. The Kier molecular flexibility index (Phi) is 15.8. The minimum atomic E-state index is -0.483. The maximum atomic E-state index is 10.9. The van der Waals surface area contributed by atoms with Crippen LogP contribution >= 0.6 is 31.9 Å². The van der Waals surface area contributed by atoms with E-state index in [-0.39, 0.29) is 10.8 Å². The molecule has 0 heterocycles. The number of allylic oxidation sites excluding steroid dienone is 1. The number of aliphatic hydroxyl groups is 1. The van der Waals surface area contributed by atoms with E-state index in [1.165, 1.54) is 7.11 Å². The molecule has 0 amide bonds. The fraction of sp³-hybridized carbons (Fsp3) is 0.526. The van der Waals surface area contributed by atoms with E-state index in [0.717, 1.165) is 19.3 Å². The first-order valence-corrected chi connectivity index (χ1v) is 9.56. The molecule has 0 spiro atoms. The van der Waals surface area contributed by atoms with Crippen molar-refractivity contribution in [1.82, 2.24) is 0 Å². The second kappa shape index (κ2) is 16.7. The maximum Gasteiger partial charge on any atom is 0.305 e. The Bertz CT molecular complexity index is 565. The van der Waals surface area contributed by atoms with Crippen LogP contribution in [0.5, 0.6) is 0 Å². The van der Waals surface area contributed by atoms with Gasteiger partial charge in [-0.1, -0.05) is 55.5 Å². The SMILES string of the molecule is COC(=O)CCCC#CC#CCCCC[C@@H](O)[C@@H](Br)C#CC=CBr. The lowest BCUT2D eigenvalue weighted by atomic mass is 10.1. The predicted octanol–water partition coefficient (Wildman–Crippen LogP) is 3.93. The van der Waals surface area contributed by atoms with E-state index in [1.54, 1.807) is 11.1 Å². The number of ether oxygens (including phenoxy) is 1. The van der Waals surface area contributed by atoms with E-state index in [0.29, 0.717) is 25.7 Å². The molecule has 2 atom stereocenters. The van der Waals surface area contributed by atoms with Crippen molar-refractivity contribution in [1.29, 1.82) is 0 Å². The van der Waals surface area contributed by atoms with Crippen molar-refractivity contribution < 1.29 is 14.6 Å². The molecule has 0 saturated heterocycles. The standard InChI is InChI=1S/C19H22Br2O3/c1-24-19(23)15-10-8-6-4-2-3-5-7-9-14-18(22)17(21)13-11-12-16-20/h12,16-18,22H,5,7-10,14-15H2,1H3/t17-,18+/m0/s1. The Morgan fingerprint density at radius 1 is 1.21 bits per heavy atom. The van der Waals surface area contributed by atoms with Gasteiger partial charge in [0.2, 0.25) is 0 Å². The summed E-state index contributed by atoms with van der Waals surface area (Å²) in [5.74, 6) is 17.0. The fourth-order valence-electron chi connectivity index (χ4n) is 1.61. The zero-order valence-corrected chi connectivity index (χ0v) is 17.0. The molecule has 0 aromatic rings. The Balaban J connectivity index is 3.74. The second-order valence-corrected chi connectivity index (χ2v) is 6.34. The van der Waals surface area contributed by atoms with E-state index in [2.05, 4.69) is 72.1 Å².